The standard InChI is InChI=1S/C13H28O3Si.C8H22N2O2Si/c1-5-13(14-6-2)11-9-10-12-17(13,15-7-3)16-8-4;1-11-13(3,12-2)8-4-6-10-7-5-9/h5-12H2,1-4H3;10H,4-9H2,1-3H3. The molecule has 0 saturated carbocycles. The van der Waals surface area contributed by atoms with Crippen molar-refractivity contribution >= 4 is 17.1 Å². The van der Waals surface area contributed by atoms with Crippen LogP contribution in [-0.2, 0) is 22.4 Å². The molecular weight excluding hydrogens is 416 g/mol. The summed E-state index contributed by atoms with van der Waals surface area (Å²) in [6.07, 6.45) is 5.66. The van der Waals surface area contributed by atoms with Crippen molar-refractivity contribution in [3.05, 3.63) is 0 Å². The normalized spacial score (nSPS) is 21.2. The Hall–Kier alpha value is 0.154. The summed E-state index contributed by atoms with van der Waals surface area (Å²) in [6, 6.07) is 2.11. The summed E-state index contributed by atoms with van der Waals surface area (Å²) in [5.74, 6) is 0. The number of rotatable bonds is 15. The van der Waals surface area contributed by atoms with Crippen LogP contribution in [-0.4, -0.2) is 76.0 Å². The van der Waals surface area contributed by atoms with Crippen molar-refractivity contribution in [2.45, 2.75) is 83.7 Å². The van der Waals surface area contributed by atoms with Gasteiger partial charge in [0.2, 0.25) is 0 Å². The van der Waals surface area contributed by atoms with E-state index in [1.54, 1.807) is 14.2 Å². The van der Waals surface area contributed by atoms with Crippen LogP contribution in [0, 0.1) is 0 Å². The molecule has 1 unspecified atom stereocenters. The van der Waals surface area contributed by atoms with Crippen molar-refractivity contribution in [2.24, 2.45) is 5.73 Å². The minimum absolute atomic E-state index is 0.119. The van der Waals surface area contributed by atoms with Crippen molar-refractivity contribution in [1.29, 1.82) is 0 Å². The SMILES string of the molecule is CCOC1(CC)CCCC[Si]1(OCC)OCC.CO[Si](C)(CCCNCCN)OC. The van der Waals surface area contributed by atoms with E-state index in [0.29, 0.717) is 6.54 Å². The molecule has 0 aliphatic carbocycles. The monoisotopic (exact) mass is 466 g/mol. The average Bonchev–Trinajstić information content (AvgIpc) is 2.76. The van der Waals surface area contributed by atoms with Crippen LogP contribution < -0.4 is 11.1 Å². The number of ether oxygens (including phenoxy) is 1. The van der Waals surface area contributed by atoms with Crippen molar-refractivity contribution in [3.63, 3.8) is 0 Å². The lowest BCUT2D eigenvalue weighted by molar-refractivity contribution is -0.0426. The minimum atomic E-state index is -2.21. The van der Waals surface area contributed by atoms with Gasteiger partial charge in [-0.25, -0.2) is 0 Å². The van der Waals surface area contributed by atoms with Crippen molar-refractivity contribution in [2.75, 3.05) is 53.7 Å². The summed E-state index contributed by atoms with van der Waals surface area (Å²) in [4.78, 5) is 0. The van der Waals surface area contributed by atoms with Gasteiger partial charge in [-0.2, -0.15) is 0 Å². The maximum Gasteiger partial charge on any atom is 0.371 e. The summed E-state index contributed by atoms with van der Waals surface area (Å²) >= 11 is 0. The first-order chi connectivity index (χ1) is 14.4. The van der Waals surface area contributed by atoms with Gasteiger partial charge in [-0.15, -0.1) is 0 Å². The fraction of sp³-hybridized carbons (Fsp3) is 1.00. The lowest BCUT2D eigenvalue weighted by Crippen LogP contribution is -2.65. The molecule has 30 heavy (non-hydrogen) atoms. The van der Waals surface area contributed by atoms with E-state index >= 15 is 0 Å². The maximum absolute atomic E-state index is 6.16. The summed E-state index contributed by atoms with van der Waals surface area (Å²) in [5, 5.41) is 3.12. The molecule has 1 saturated heterocycles. The predicted molar refractivity (Wildman–Crippen MR) is 129 cm³/mol. The van der Waals surface area contributed by atoms with Gasteiger partial charge in [-0.1, -0.05) is 19.8 Å². The van der Waals surface area contributed by atoms with E-state index in [4.69, 9.17) is 28.2 Å². The molecule has 0 aromatic rings. The third kappa shape index (κ3) is 9.34. The third-order valence-electron chi connectivity index (χ3n) is 5.95. The smallest absolute Gasteiger partial charge is 0.371 e. The van der Waals surface area contributed by atoms with Gasteiger partial charge in [0, 0.05) is 47.1 Å². The Kier molecular flexibility index (Phi) is 16.8. The summed E-state index contributed by atoms with van der Waals surface area (Å²) in [6.45, 7) is 15.3. The minimum Gasteiger partial charge on any atom is -0.398 e. The van der Waals surface area contributed by atoms with E-state index in [1.165, 1.54) is 12.8 Å². The summed E-state index contributed by atoms with van der Waals surface area (Å²) in [7, 11) is -0.584. The highest BCUT2D eigenvalue weighted by atomic mass is 28.4. The van der Waals surface area contributed by atoms with E-state index in [1.807, 2.05) is 0 Å². The molecule has 1 aliphatic heterocycles. The Morgan fingerprint density at radius 1 is 0.967 bits per heavy atom. The number of nitrogens with one attached hydrogen (secondary N) is 1. The van der Waals surface area contributed by atoms with E-state index < -0.39 is 17.1 Å². The molecule has 0 spiro atoms. The van der Waals surface area contributed by atoms with Crippen LogP contribution in [0.2, 0.25) is 18.6 Å². The molecule has 7 nitrogen and oxygen atoms in total. The van der Waals surface area contributed by atoms with Crippen LogP contribution in [0.15, 0.2) is 0 Å². The number of hydrogen-bond acceptors (Lipinski definition) is 7. The first kappa shape index (κ1) is 30.2. The first-order valence-electron chi connectivity index (χ1n) is 11.8. The fourth-order valence-electron chi connectivity index (χ4n) is 4.16. The van der Waals surface area contributed by atoms with Crippen LogP contribution in [0.1, 0.15) is 59.8 Å². The van der Waals surface area contributed by atoms with Gasteiger partial charge in [0.15, 0.2) is 0 Å². The van der Waals surface area contributed by atoms with Gasteiger partial charge in [0.25, 0.3) is 0 Å². The number of hydrogen-bond donors (Lipinski definition) is 2. The molecule has 1 aliphatic rings. The Morgan fingerprint density at radius 3 is 2.07 bits per heavy atom. The van der Waals surface area contributed by atoms with Gasteiger partial charge in [-0.05, 0) is 65.2 Å². The molecule has 1 atom stereocenters. The molecule has 0 aromatic heterocycles. The van der Waals surface area contributed by atoms with Crippen LogP contribution in [0.25, 0.3) is 0 Å². The van der Waals surface area contributed by atoms with Crippen molar-refractivity contribution in [3.8, 4) is 0 Å². The molecule has 1 heterocycles. The van der Waals surface area contributed by atoms with Gasteiger partial charge in [0.05, 0.1) is 0 Å². The van der Waals surface area contributed by atoms with E-state index in [0.717, 1.165) is 64.3 Å². The Balaban J connectivity index is 0.000000584. The second kappa shape index (κ2) is 16.7. The zero-order valence-electron chi connectivity index (χ0n) is 20.8. The highest BCUT2D eigenvalue weighted by Gasteiger charge is 2.58. The topological polar surface area (TPSA) is 84.2 Å². The zero-order valence-corrected chi connectivity index (χ0v) is 22.8. The van der Waals surface area contributed by atoms with E-state index in [2.05, 4.69) is 39.6 Å². The van der Waals surface area contributed by atoms with Crippen molar-refractivity contribution in [1.82, 2.24) is 5.32 Å². The van der Waals surface area contributed by atoms with Gasteiger partial charge < -0.3 is 33.5 Å². The van der Waals surface area contributed by atoms with Gasteiger partial charge in [0.1, 0.15) is 5.22 Å². The van der Waals surface area contributed by atoms with Gasteiger partial charge in [-0.3, -0.25) is 0 Å². The maximum atomic E-state index is 6.16. The lowest BCUT2D eigenvalue weighted by Gasteiger charge is -2.49. The fourth-order valence-corrected chi connectivity index (χ4v) is 10.0. The second-order valence-corrected chi connectivity index (χ2v) is 14.9. The molecule has 9 heteroatoms. The lowest BCUT2D eigenvalue weighted by atomic mass is 10.1. The molecular formula is C21H50N2O5Si2. The molecule has 182 valence electrons. The molecule has 0 amide bonds. The highest BCUT2D eigenvalue weighted by Crippen LogP contribution is 2.42. The van der Waals surface area contributed by atoms with E-state index in [9.17, 15) is 0 Å². The Labute approximate surface area is 188 Å². The average molecular weight is 467 g/mol. The molecule has 1 rings (SSSR count). The highest BCUT2D eigenvalue weighted by molar-refractivity contribution is 6.70. The van der Waals surface area contributed by atoms with E-state index in [-0.39, 0.29) is 5.22 Å². The molecule has 0 radical (unpaired) electrons. The Bertz CT molecular complexity index is 401. The largest absolute Gasteiger partial charge is 0.398 e. The zero-order chi connectivity index (χ0) is 22.9. The van der Waals surface area contributed by atoms with Crippen LogP contribution in [0.5, 0.6) is 0 Å². The summed E-state index contributed by atoms with van der Waals surface area (Å²) < 4.78 is 29.2. The Morgan fingerprint density at radius 2 is 1.60 bits per heavy atom. The molecule has 0 aromatic carbocycles. The number of nitrogens with two attached hydrogens (primary N) is 1. The van der Waals surface area contributed by atoms with Crippen LogP contribution in [0.3, 0.4) is 0 Å². The van der Waals surface area contributed by atoms with Gasteiger partial charge >= 0.3 is 17.1 Å². The quantitative estimate of drug-likeness (QED) is 0.281. The van der Waals surface area contributed by atoms with Crippen LogP contribution in [0.4, 0.5) is 0 Å². The molecule has 3 N–H and O–H groups in total. The first-order valence-corrected chi connectivity index (χ1v) is 16.4. The third-order valence-corrected chi connectivity index (χ3v) is 13.6. The van der Waals surface area contributed by atoms with Crippen molar-refractivity contribution < 1.29 is 22.4 Å². The second-order valence-electron chi connectivity index (χ2n) is 7.79. The molecule has 1 fully saturated rings. The summed E-state index contributed by atoms with van der Waals surface area (Å²) in [5.41, 5.74) is 5.35. The predicted octanol–water partition coefficient (Wildman–Crippen LogP) is 3.70. The van der Waals surface area contributed by atoms with Crippen LogP contribution >= 0.6 is 0 Å². The molecule has 0 bridgehead atoms.